The van der Waals surface area contributed by atoms with Gasteiger partial charge in [0.2, 0.25) is 0 Å². The number of carbonyl (C=O) groups is 1. The van der Waals surface area contributed by atoms with Gasteiger partial charge < -0.3 is 4.79 Å². The Labute approximate surface area is 77.7 Å². The van der Waals surface area contributed by atoms with Crippen molar-refractivity contribution in [1.29, 1.82) is 0 Å². The monoisotopic (exact) mass is 179 g/mol. The fourth-order valence-electron chi connectivity index (χ4n) is 0.872. The molecule has 1 N–H and O–H groups in total. The fourth-order valence-corrected chi connectivity index (χ4v) is 0.872. The van der Waals surface area contributed by atoms with Crippen molar-refractivity contribution in [3.05, 3.63) is 29.8 Å². The summed E-state index contributed by atoms with van der Waals surface area (Å²) in [6.45, 7) is 3.65. The first-order valence-electron chi connectivity index (χ1n) is 4.16. The van der Waals surface area contributed by atoms with E-state index in [9.17, 15) is 4.79 Å². The molecular formula is C10H13NO2. The molecule has 1 aromatic carbocycles. The van der Waals surface area contributed by atoms with Gasteiger partial charge in [0.1, 0.15) is 6.10 Å². The number of benzene rings is 1. The van der Waals surface area contributed by atoms with E-state index in [0.717, 1.165) is 17.5 Å². The van der Waals surface area contributed by atoms with Gasteiger partial charge in [-0.3, -0.25) is 10.3 Å². The first-order valence-corrected chi connectivity index (χ1v) is 4.16. The lowest BCUT2D eigenvalue weighted by molar-refractivity contribution is -0.115. The summed E-state index contributed by atoms with van der Waals surface area (Å²) in [7, 11) is 0. The van der Waals surface area contributed by atoms with Gasteiger partial charge in [-0.25, -0.2) is 0 Å². The number of hydrogen-bond donors (Lipinski definition) is 1. The van der Waals surface area contributed by atoms with Crippen LogP contribution in [0, 0.1) is 6.92 Å². The van der Waals surface area contributed by atoms with Gasteiger partial charge in [-0.1, -0.05) is 18.2 Å². The van der Waals surface area contributed by atoms with E-state index >= 15 is 0 Å². The lowest BCUT2D eigenvalue weighted by Gasteiger charge is -2.10. The number of hydrogen-bond acceptors (Lipinski definition) is 3. The summed E-state index contributed by atoms with van der Waals surface area (Å²) >= 11 is 0. The lowest BCUT2D eigenvalue weighted by Crippen LogP contribution is -2.14. The molecule has 0 amide bonds. The minimum Gasteiger partial charge on any atom is -0.300 e. The highest BCUT2D eigenvalue weighted by molar-refractivity contribution is 5.56. The number of nitrogens with one attached hydrogen (secondary N) is 1. The van der Waals surface area contributed by atoms with E-state index in [2.05, 4.69) is 5.48 Å². The number of aryl methyl sites for hydroxylation is 1. The molecular weight excluding hydrogens is 166 g/mol. The van der Waals surface area contributed by atoms with E-state index in [1.807, 2.05) is 31.2 Å². The summed E-state index contributed by atoms with van der Waals surface area (Å²) in [6.07, 6.45) is 0.310. The van der Waals surface area contributed by atoms with Crippen molar-refractivity contribution in [1.82, 2.24) is 0 Å². The van der Waals surface area contributed by atoms with Gasteiger partial charge in [-0.2, -0.15) is 0 Å². The third kappa shape index (κ3) is 2.87. The molecule has 1 rings (SSSR count). The minimum absolute atomic E-state index is 0.431. The summed E-state index contributed by atoms with van der Waals surface area (Å²) in [5.41, 5.74) is 4.70. The van der Waals surface area contributed by atoms with E-state index in [1.54, 1.807) is 6.92 Å². The van der Waals surface area contributed by atoms with Gasteiger partial charge in [0.05, 0.1) is 5.69 Å². The Morgan fingerprint density at radius 1 is 1.46 bits per heavy atom. The van der Waals surface area contributed by atoms with Crippen LogP contribution in [0.4, 0.5) is 5.69 Å². The van der Waals surface area contributed by atoms with Crippen LogP contribution in [-0.2, 0) is 9.63 Å². The molecule has 0 aliphatic heterocycles. The molecule has 0 radical (unpaired) electrons. The minimum atomic E-state index is -0.431. The first-order chi connectivity index (χ1) is 6.24. The zero-order valence-electron chi connectivity index (χ0n) is 7.78. The van der Waals surface area contributed by atoms with Crippen molar-refractivity contribution in [3.8, 4) is 0 Å². The van der Waals surface area contributed by atoms with Crippen LogP contribution in [-0.4, -0.2) is 12.4 Å². The molecule has 3 nitrogen and oxygen atoms in total. The third-order valence-corrected chi connectivity index (χ3v) is 1.69. The molecule has 0 bridgehead atoms. The molecule has 0 aliphatic carbocycles. The summed E-state index contributed by atoms with van der Waals surface area (Å²) in [4.78, 5) is 15.3. The summed E-state index contributed by atoms with van der Waals surface area (Å²) in [5, 5.41) is 0. The number of rotatable bonds is 4. The van der Waals surface area contributed by atoms with Crippen LogP contribution < -0.4 is 5.48 Å². The summed E-state index contributed by atoms with van der Waals surface area (Å²) in [5.74, 6) is 0. The highest BCUT2D eigenvalue weighted by atomic mass is 16.7. The standard InChI is InChI=1S/C10H13NO2/c1-8-5-3-4-6-10(8)11-13-9(2)7-12/h3-7,9,11H,1-2H3/t9-/m1/s1. The summed E-state index contributed by atoms with van der Waals surface area (Å²) in [6, 6.07) is 7.72. The second-order valence-electron chi connectivity index (χ2n) is 2.88. The van der Waals surface area contributed by atoms with E-state index in [1.165, 1.54) is 0 Å². The topological polar surface area (TPSA) is 38.3 Å². The number of anilines is 1. The molecule has 0 saturated carbocycles. The predicted octanol–water partition coefficient (Wildman–Crippen LogP) is 1.93. The Morgan fingerprint density at radius 2 is 2.15 bits per heavy atom. The molecule has 1 atom stereocenters. The van der Waals surface area contributed by atoms with Crippen LogP contribution in [0.15, 0.2) is 24.3 Å². The van der Waals surface area contributed by atoms with Crippen LogP contribution in [0.2, 0.25) is 0 Å². The highest BCUT2D eigenvalue weighted by Gasteiger charge is 2.00. The van der Waals surface area contributed by atoms with Crippen molar-refractivity contribution in [2.24, 2.45) is 0 Å². The lowest BCUT2D eigenvalue weighted by atomic mass is 10.2. The SMILES string of the molecule is Cc1ccccc1NO[C@H](C)C=O. The molecule has 13 heavy (non-hydrogen) atoms. The number of carbonyl (C=O) groups excluding carboxylic acids is 1. The van der Waals surface area contributed by atoms with Crippen LogP contribution >= 0.6 is 0 Å². The maximum Gasteiger partial charge on any atom is 0.151 e. The average Bonchev–Trinajstić information content (AvgIpc) is 2.16. The van der Waals surface area contributed by atoms with Crippen LogP contribution in [0.3, 0.4) is 0 Å². The molecule has 0 aromatic heterocycles. The Bertz CT molecular complexity index is 286. The van der Waals surface area contributed by atoms with Crippen LogP contribution in [0.25, 0.3) is 0 Å². The van der Waals surface area contributed by atoms with Gasteiger partial charge in [0, 0.05) is 0 Å². The maximum atomic E-state index is 10.2. The number of aldehydes is 1. The largest absolute Gasteiger partial charge is 0.300 e. The van der Waals surface area contributed by atoms with Crippen molar-refractivity contribution >= 4 is 12.0 Å². The summed E-state index contributed by atoms with van der Waals surface area (Å²) < 4.78 is 0. The van der Waals surface area contributed by atoms with Crippen LogP contribution in [0.5, 0.6) is 0 Å². The van der Waals surface area contributed by atoms with Gasteiger partial charge >= 0.3 is 0 Å². The molecule has 0 saturated heterocycles. The maximum absolute atomic E-state index is 10.2. The molecule has 70 valence electrons. The van der Waals surface area contributed by atoms with Gasteiger partial charge in [-0.05, 0) is 25.5 Å². The Balaban J connectivity index is 2.54. The van der Waals surface area contributed by atoms with Crippen molar-refractivity contribution in [3.63, 3.8) is 0 Å². The quantitative estimate of drug-likeness (QED) is 0.567. The number of para-hydroxylation sites is 1. The second-order valence-corrected chi connectivity index (χ2v) is 2.88. The van der Waals surface area contributed by atoms with Crippen LogP contribution in [0.1, 0.15) is 12.5 Å². The van der Waals surface area contributed by atoms with E-state index in [-0.39, 0.29) is 0 Å². The van der Waals surface area contributed by atoms with E-state index in [4.69, 9.17) is 4.84 Å². The molecule has 0 unspecified atom stereocenters. The second kappa shape index (κ2) is 4.62. The predicted molar refractivity (Wildman–Crippen MR) is 51.4 cm³/mol. The smallest absolute Gasteiger partial charge is 0.151 e. The first kappa shape index (κ1) is 9.74. The normalized spacial score (nSPS) is 12.2. The van der Waals surface area contributed by atoms with Gasteiger partial charge in [0.25, 0.3) is 0 Å². The zero-order chi connectivity index (χ0) is 9.68. The van der Waals surface area contributed by atoms with Crippen molar-refractivity contribution in [2.75, 3.05) is 5.48 Å². The molecule has 0 spiro atoms. The van der Waals surface area contributed by atoms with E-state index in [0.29, 0.717) is 0 Å². The average molecular weight is 179 g/mol. The fraction of sp³-hybridized carbons (Fsp3) is 0.300. The van der Waals surface area contributed by atoms with Crippen molar-refractivity contribution in [2.45, 2.75) is 20.0 Å². The van der Waals surface area contributed by atoms with Gasteiger partial charge in [-0.15, -0.1) is 0 Å². The zero-order valence-corrected chi connectivity index (χ0v) is 7.78. The molecule has 0 heterocycles. The Hall–Kier alpha value is -1.35. The Morgan fingerprint density at radius 3 is 2.77 bits per heavy atom. The van der Waals surface area contributed by atoms with Crippen molar-refractivity contribution < 1.29 is 9.63 Å². The Kier molecular flexibility index (Phi) is 3.46. The van der Waals surface area contributed by atoms with E-state index < -0.39 is 6.10 Å². The highest BCUT2D eigenvalue weighted by Crippen LogP contribution is 2.13. The van der Waals surface area contributed by atoms with Gasteiger partial charge in [0.15, 0.2) is 6.29 Å². The third-order valence-electron chi connectivity index (χ3n) is 1.69. The molecule has 3 heteroatoms. The molecule has 1 aromatic rings. The molecule has 0 fully saturated rings. The molecule has 0 aliphatic rings.